The highest BCUT2D eigenvalue weighted by Crippen LogP contribution is 2.17. The summed E-state index contributed by atoms with van der Waals surface area (Å²) in [5.74, 6) is 0. The van der Waals surface area contributed by atoms with Gasteiger partial charge in [-0.3, -0.25) is 0 Å². The number of aromatic nitrogens is 1. The molecule has 3 rings (SSSR count). The predicted octanol–water partition coefficient (Wildman–Crippen LogP) is 2.00. The lowest BCUT2D eigenvalue weighted by molar-refractivity contribution is -0.914. The molecule has 1 aliphatic heterocycles. The number of nitrogens with zero attached hydrogens (tertiary/aromatic N) is 3. The fraction of sp³-hybridized carbons (Fsp3) is 0.263. The van der Waals surface area contributed by atoms with Gasteiger partial charge < -0.3 is 14.8 Å². The molecule has 1 aromatic heterocycles. The summed E-state index contributed by atoms with van der Waals surface area (Å²) in [4.78, 5) is 7.03. The van der Waals surface area contributed by atoms with Gasteiger partial charge in [0.2, 0.25) is 0 Å². The Morgan fingerprint density at radius 3 is 2.52 bits per heavy atom. The summed E-state index contributed by atoms with van der Waals surface area (Å²) in [6, 6.07) is 13.8. The van der Waals surface area contributed by atoms with Crippen LogP contribution in [0, 0.1) is 22.7 Å². The van der Waals surface area contributed by atoms with E-state index in [2.05, 4.69) is 22.0 Å². The third kappa shape index (κ3) is 4.42. The number of anilines is 1. The van der Waals surface area contributed by atoms with E-state index in [0.29, 0.717) is 0 Å². The Kier molecular flexibility index (Phi) is 5.40. The molecule has 25 heavy (non-hydrogen) atoms. The van der Waals surface area contributed by atoms with Crippen molar-refractivity contribution in [2.45, 2.75) is 6.54 Å². The van der Waals surface area contributed by atoms with E-state index < -0.39 is 0 Å². The van der Waals surface area contributed by atoms with Gasteiger partial charge in [-0.15, -0.1) is 0 Å². The summed E-state index contributed by atoms with van der Waals surface area (Å²) in [6.45, 7) is 5.11. The number of hydrogen-bond acceptors (Lipinski definition) is 3. The number of benzene rings is 1. The molecular weight excluding hydrogens is 334 g/mol. The van der Waals surface area contributed by atoms with Crippen molar-refractivity contribution in [1.82, 2.24) is 4.98 Å². The molecule has 1 aliphatic rings. The highest BCUT2D eigenvalue weighted by Gasteiger charge is 2.20. The van der Waals surface area contributed by atoms with Crippen LogP contribution in [0.4, 0.5) is 5.69 Å². The molecule has 5 nitrogen and oxygen atoms in total. The van der Waals surface area contributed by atoms with Gasteiger partial charge in [0.25, 0.3) is 0 Å². The number of halogens is 1. The summed E-state index contributed by atoms with van der Waals surface area (Å²) < 4.78 is 0. The van der Waals surface area contributed by atoms with Gasteiger partial charge in [-0.1, -0.05) is 11.6 Å². The third-order valence-electron chi connectivity index (χ3n) is 4.42. The number of hydrogen-bond donors (Lipinski definition) is 2. The Balaban J connectivity index is 1.55. The maximum Gasteiger partial charge on any atom is 0.131 e. The number of piperazine rings is 1. The molecule has 0 bridgehead atoms. The van der Waals surface area contributed by atoms with Crippen molar-refractivity contribution in [2.75, 3.05) is 31.1 Å². The van der Waals surface area contributed by atoms with E-state index in [9.17, 15) is 0 Å². The average molecular weight is 353 g/mol. The van der Waals surface area contributed by atoms with Gasteiger partial charge >= 0.3 is 0 Å². The molecule has 126 valence electrons. The molecular formula is C19H19ClN5+. The maximum absolute atomic E-state index is 8.82. The summed E-state index contributed by atoms with van der Waals surface area (Å²) in [5.41, 5.74) is 3.32. The maximum atomic E-state index is 8.82. The van der Waals surface area contributed by atoms with Crippen LogP contribution in [0.2, 0.25) is 5.02 Å². The zero-order chi connectivity index (χ0) is 17.6. The van der Waals surface area contributed by atoms with E-state index in [1.807, 2.05) is 36.5 Å². The minimum atomic E-state index is 0.109. The first-order chi connectivity index (χ1) is 12.2. The molecule has 2 aromatic rings. The Morgan fingerprint density at radius 1 is 1.20 bits per heavy atom. The molecule has 2 heterocycles. The monoisotopic (exact) mass is 352 g/mol. The van der Waals surface area contributed by atoms with Crippen molar-refractivity contribution in [2.24, 2.45) is 0 Å². The van der Waals surface area contributed by atoms with Crippen molar-refractivity contribution in [1.29, 1.82) is 10.5 Å². The highest BCUT2D eigenvalue weighted by molar-refractivity contribution is 6.30. The Bertz CT molecular complexity index is 814. The van der Waals surface area contributed by atoms with Crippen LogP contribution in [0.5, 0.6) is 0 Å². The van der Waals surface area contributed by atoms with E-state index in [4.69, 9.17) is 22.1 Å². The normalized spacial score (nSPS) is 14.6. The largest absolute Gasteiger partial charge is 0.361 e. The van der Waals surface area contributed by atoms with E-state index >= 15 is 0 Å². The van der Waals surface area contributed by atoms with Crippen LogP contribution in [0.1, 0.15) is 11.3 Å². The van der Waals surface area contributed by atoms with Crippen LogP contribution in [0.25, 0.3) is 6.08 Å². The van der Waals surface area contributed by atoms with Crippen LogP contribution < -0.4 is 9.80 Å². The van der Waals surface area contributed by atoms with Crippen molar-refractivity contribution in [3.8, 4) is 12.1 Å². The number of rotatable bonds is 4. The summed E-state index contributed by atoms with van der Waals surface area (Å²) >= 11 is 5.95. The zero-order valence-corrected chi connectivity index (χ0v) is 14.6. The topological polar surface area (TPSA) is 71.0 Å². The second-order valence-corrected chi connectivity index (χ2v) is 6.57. The van der Waals surface area contributed by atoms with Gasteiger partial charge in [-0.2, -0.15) is 10.5 Å². The smallest absolute Gasteiger partial charge is 0.131 e. The minimum Gasteiger partial charge on any atom is -0.361 e. The molecule has 2 N–H and O–H groups in total. The molecule has 0 aliphatic carbocycles. The van der Waals surface area contributed by atoms with E-state index in [-0.39, 0.29) is 5.57 Å². The van der Waals surface area contributed by atoms with Gasteiger partial charge in [-0.05, 0) is 36.4 Å². The molecule has 0 spiro atoms. The Morgan fingerprint density at radius 2 is 1.88 bits per heavy atom. The van der Waals surface area contributed by atoms with Gasteiger partial charge in [0.15, 0.2) is 0 Å². The van der Waals surface area contributed by atoms with Crippen LogP contribution in [-0.2, 0) is 6.54 Å². The number of quaternary nitrogens is 1. The van der Waals surface area contributed by atoms with Crippen LogP contribution in [0.3, 0.4) is 0 Å². The Hall–Kier alpha value is -2.73. The number of nitrogens with one attached hydrogen (secondary N) is 2. The number of aromatic amines is 1. The third-order valence-corrected chi connectivity index (χ3v) is 4.67. The van der Waals surface area contributed by atoms with Gasteiger partial charge in [-0.25, -0.2) is 0 Å². The first-order valence-corrected chi connectivity index (χ1v) is 8.59. The van der Waals surface area contributed by atoms with Gasteiger partial charge in [0.05, 0.1) is 26.2 Å². The molecule has 1 aromatic carbocycles. The molecule has 0 atom stereocenters. The molecule has 1 saturated heterocycles. The lowest BCUT2D eigenvalue weighted by Gasteiger charge is -2.33. The second-order valence-electron chi connectivity index (χ2n) is 6.14. The number of nitriles is 2. The lowest BCUT2D eigenvalue weighted by Crippen LogP contribution is -3.13. The fourth-order valence-electron chi connectivity index (χ4n) is 3.09. The van der Waals surface area contributed by atoms with E-state index in [0.717, 1.165) is 43.4 Å². The molecule has 0 unspecified atom stereocenters. The molecule has 0 amide bonds. The van der Waals surface area contributed by atoms with Crippen molar-refractivity contribution >= 4 is 23.4 Å². The van der Waals surface area contributed by atoms with Gasteiger partial charge in [0, 0.05) is 28.2 Å². The van der Waals surface area contributed by atoms with Crippen molar-refractivity contribution in [3.63, 3.8) is 0 Å². The first-order valence-electron chi connectivity index (χ1n) is 8.21. The quantitative estimate of drug-likeness (QED) is 0.827. The SMILES string of the molecule is N#CC(C#N)=Cc1cc(C[NH+]2CCN(c3ccc(Cl)cc3)CC2)c[nH]1. The molecule has 1 fully saturated rings. The number of allylic oxidation sites excluding steroid dienone is 1. The minimum absolute atomic E-state index is 0.109. The fourth-order valence-corrected chi connectivity index (χ4v) is 3.21. The highest BCUT2D eigenvalue weighted by atomic mass is 35.5. The Labute approximate surface area is 152 Å². The summed E-state index contributed by atoms with van der Waals surface area (Å²) in [6.07, 6.45) is 3.54. The molecule has 0 saturated carbocycles. The zero-order valence-electron chi connectivity index (χ0n) is 13.8. The lowest BCUT2D eigenvalue weighted by atomic mass is 10.2. The number of H-pyrrole nitrogens is 1. The molecule has 6 heteroatoms. The molecule has 0 radical (unpaired) electrons. The summed E-state index contributed by atoms with van der Waals surface area (Å²) in [7, 11) is 0. The van der Waals surface area contributed by atoms with E-state index in [1.54, 1.807) is 6.08 Å². The average Bonchev–Trinajstić information content (AvgIpc) is 3.08. The van der Waals surface area contributed by atoms with Crippen LogP contribution in [0.15, 0.2) is 42.1 Å². The van der Waals surface area contributed by atoms with Crippen LogP contribution >= 0.6 is 11.6 Å². The van der Waals surface area contributed by atoms with Gasteiger partial charge in [0.1, 0.15) is 24.3 Å². The van der Waals surface area contributed by atoms with Crippen LogP contribution in [-0.4, -0.2) is 31.2 Å². The van der Waals surface area contributed by atoms with Crippen molar-refractivity contribution < 1.29 is 4.90 Å². The van der Waals surface area contributed by atoms with E-state index in [1.165, 1.54) is 16.2 Å². The van der Waals surface area contributed by atoms with Crippen molar-refractivity contribution in [3.05, 3.63) is 58.4 Å². The summed E-state index contributed by atoms with van der Waals surface area (Å²) in [5, 5.41) is 18.4. The second kappa shape index (κ2) is 7.90. The first kappa shape index (κ1) is 17.1. The standard InChI is InChI=1S/C19H18ClN5/c20-17-1-3-19(4-2-17)25-7-5-24(6-8-25)14-16-10-18(23-13-16)9-15(11-21)12-22/h1-4,9-10,13,23H,5-8,14H2/p+1. The predicted molar refractivity (Wildman–Crippen MR) is 98.1 cm³/mol.